The Morgan fingerprint density at radius 1 is 1.24 bits per heavy atom. The molecule has 2 aliphatic heterocycles. The van der Waals surface area contributed by atoms with E-state index < -0.39 is 6.09 Å². The second kappa shape index (κ2) is 5.90. The van der Waals surface area contributed by atoms with Crippen LogP contribution in [-0.2, 0) is 5.41 Å². The van der Waals surface area contributed by atoms with Crippen molar-refractivity contribution in [3.63, 3.8) is 0 Å². The maximum absolute atomic E-state index is 12.2. The first-order valence-corrected chi connectivity index (χ1v) is 9.54. The Morgan fingerprint density at radius 3 is 2.64 bits per heavy atom. The van der Waals surface area contributed by atoms with Gasteiger partial charge >= 0.3 is 6.09 Å². The van der Waals surface area contributed by atoms with Gasteiger partial charge in [0, 0.05) is 36.3 Å². The van der Waals surface area contributed by atoms with Gasteiger partial charge < -0.3 is 10.0 Å². The number of carbonyl (C=O) groups is 1. The summed E-state index contributed by atoms with van der Waals surface area (Å²) in [6.07, 6.45) is 6.02. The average molecular weight is 343 g/mol. The fourth-order valence-corrected chi connectivity index (χ4v) is 5.66. The lowest BCUT2D eigenvalue weighted by Gasteiger charge is -2.36. The third-order valence-corrected chi connectivity index (χ3v) is 6.72. The van der Waals surface area contributed by atoms with E-state index >= 15 is 0 Å². The van der Waals surface area contributed by atoms with Crippen LogP contribution in [0.4, 0.5) is 16.2 Å². The first-order valence-electron chi connectivity index (χ1n) is 9.54. The summed E-state index contributed by atoms with van der Waals surface area (Å²) in [6.45, 7) is 3.36. The van der Waals surface area contributed by atoms with Crippen LogP contribution < -0.4 is 9.80 Å². The number of nitrogens with zero attached hydrogens (tertiary/aromatic N) is 3. The van der Waals surface area contributed by atoms with Crippen LogP contribution >= 0.6 is 0 Å². The van der Waals surface area contributed by atoms with E-state index in [4.69, 9.17) is 0 Å². The van der Waals surface area contributed by atoms with Crippen molar-refractivity contribution in [2.75, 3.05) is 30.4 Å². The molecule has 0 spiro atoms. The Kier molecular flexibility index (Phi) is 3.95. The maximum atomic E-state index is 12.2. The number of fused-ring (bicyclic) bond motifs is 3. The Hall–Kier alpha value is -1.75. The highest BCUT2D eigenvalue weighted by Crippen LogP contribution is 2.54. The number of carboxylic acid groups (broad SMARTS) is 1. The highest BCUT2D eigenvalue weighted by Gasteiger charge is 2.54. The number of likely N-dealkylation sites (N-methyl/N-ethyl adjacent to an activating group) is 2. The summed E-state index contributed by atoms with van der Waals surface area (Å²) in [5.74, 6) is 0. The van der Waals surface area contributed by atoms with Gasteiger partial charge in [0.2, 0.25) is 0 Å². The van der Waals surface area contributed by atoms with Gasteiger partial charge in [-0.1, -0.05) is 32.3 Å². The van der Waals surface area contributed by atoms with E-state index in [1.54, 1.807) is 4.90 Å². The van der Waals surface area contributed by atoms with Crippen molar-refractivity contribution in [3.8, 4) is 0 Å². The van der Waals surface area contributed by atoms with E-state index in [0.29, 0.717) is 6.17 Å². The molecule has 2 heterocycles. The number of amides is 1. The molecular formula is C20H29N3O2. The topological polar surface area (TPSA) is 47.0 Å². The number of anilines is 2. The molecule has 2 atom stereocenters. The zero-order valence-electron chi connectivity index (χ0n) is 15.5. The van der Waals surface area contributed by atoms with Crippen LogP contribution in [0.25, 0.3) is 0 Å². The van der Waals surface area contributed by atoms with Crippen LogP contribution in [0.3, 0.4) is 0 Å². The smallest absolute Gasteiger partial charge is 0.412 e. The first-order chi connectivity index (χ1) is 11.9. The van der Waals surface area contributed by atoms with E-state index in [0.717, 1.165) is 44.3 Å². The summed E-state index contributed by atoms with van der Waals surface area (Å²) >= 11 is 0. The molecule has 2 fully saturated rings. The summed E-state index contributed by atoms with van der Waals surface area (Å²) < 4.78 is 0. The van der Waals surface area contributed by atoms with Crippen molar-refractivity contribution in [2.24, 2.45) is 0 Å². The molecule has 0 bridgehead atoms. The number of rotatable bonds is 2. The fourth-order valence-electron chi connectivity index (χ4n) is 5.66. The Morgan fingerprint density at radius 2 is 1.96 bits per heavy atom. The Labute approximate surface area is 150 Å². The minimum Gasteiger partial charge on any atom is -0.465 e. The van der Waals surface area contributed by atoms with Crippen molar-refractivity contribution in [3.05, 3.63) is 23.8 Å². The molecule has 136 valence electrons. The highest BCUT2D eigenvalue weighted by atomic mass is 16.4. The minimum absolute atomic E-state index is 0.0161. The van der Waals surface area contributed by atoms with E-state index in [1.807, 2.05) is 12.1 Å². The fraction of sp³-hybridized carbons (Fsp3) is 0.650. The molecule has 5 nitrogen and oxygen atoms in total. The monoisotopic (exact) mass is 343 g/mol. The molecular weight excluding hydrogens is 314 g/mol. The number of benzene rings is 1. The van der Waals surface area contributed by atoms with Gasteiger partial charge in [-0.05, 0) is 38.4 Å². The molecule has 2 unspecified atom stereocenters. The summed E-state index contributed by atoms with van der Waals surface area (Å²) in [5, 5.41) is 10.1. The predicted molar refractivity (Wildman–Crippen MR) is 101 cm³/mol. The van der Waals surface area contributed by atoms with Gasteiger partial charge in [-0.15, -0.1) is 0 Å². The van der Waals surface area contributed by atoms with Crippen LogP contribution in [0.15, 0.2) is 18.2 Å². The largest absolute Gasteiger partial charge is 0.465 e. The van der Waals surface area contributed by atoms with E-state index in [2.05, 4.69) is 36.9 Å². The lowest BCUT2D eigenvalue weighted by Crippen LogP contribution is -2.46. The predicted octanol–water partition coefficient (Wildman–Crippen LogP) is 3.87. The summed E-state index contributed by atoms with van der Waals surface area (Å²) in [7, 11) is 4.32. The molecule has 3 aliphatic rings. The lowest BCUT2D eigenvalue weighted by atomic mass is 9.79. The molecule has 0 radical (unpaired) electrons. The molecule has 1 saturated heterocycles. The van der Waals surface area contributed by atoms with Crippen LogP contribution in [0.1, 0.15) is 51.0 Å². The van der Waals surface area contributed by atoms with Crippen LogP contribution in [0.5, 0.6) is 0 Å². The molecule has 1 aliphatic carbocycles. The number of hydrogen-bond acceptors (Lipinski definition) is 3. The number of hydrogen-bond donors (Lipinski definition) is 1. The lowest BCUT2D eigenvalue weighted by molar-refractivity contribution is 0.196. The van der Waals surface area contributed by atoms with Crippen molar-refractivity contribution in [1.82, 2.24) is 4.90 Å². The third kappa shape index (κ3) is 2.35. The summed E-state index contributed by atoms with van der Waals surface area (Å²) in [6, 6.07) is 6.32. The first kappa shape index (κ1) is 16.7. The SMILES string of the molecule is CN1CCC2(C)c3c(cccc3N(C(=O)O)C3CCCCC3)N(C)C12. The minimum atomic E-state index is -0.804. The summed E-state index contributed by atoms with van der Waals surface area (Å²) in [4.78, 5) is 18.7. The molecule has 1 N–H and O–H groups in total. The highest BCUT2D eigenvalue weighted by molar-refractivity contribution is 5.91. The normalized spacial score (nSPS) is 29.6. The zero-order valence-corrected chi connectivity index (χ0v) is 15.5. The zero-order chi connectivity index (χ0) is 17.8. The maximum Gasteiger partial charge on any atom is 0.412 e. The molecule has 5 heteroatoms. The number of likely N-dealkylation sites (tertiary alicyclic amines) is 1. The van der Waals surface area contributed by atoms with Crippen molar-refractivity contribution >= 4 is 17.5 Å². The van der Waals surface area contributed by atoms with E-state index in [1.165, 1.54) is 17.7 Å². The van der Waals surface area contributed by atoms with Crippen molar-refractivity contribution in [1.29, 1.82) is 0 Å². The second-order valence-corrected chi connectivity index (χ2v) is 8.25. The van der Waals surface area contributed by atoms with Gasteiger partial charge in [0.15, 0.2) is 0 Å². The molecule has 25 heavy (non-hydrogen) atoms. The van der Waals surface area contributed by atoms with Gasteiger partial charge in [-0.2, -0.15) is 0 Å². The molecule has 0 aromatic heterocycles. The Bertz CT molecular complexity index is 686. The van der Waals surface area contributed by atoms with Gasteiger partial charge in [-0.3, -0.25) is 9.80 Å². The average Bonchev–Trinajstić information content (AvgIpc) is 3.02. The van der Waals surface area contributed by atoms with Crippen molar-refractivity contribution in [2.45, 2.75) is 63.1 Å². The van der Waals surface area contributed by atoms with E-state index in [-0.39, 0.29) is 11.5 Å². The van der Waals surface area contributed by atoms with Crippen LogP contribution in [0, 0.1) is 0 Å². The van der Waals surface area contributed by atoms with Gasteiger partial charge in [-0.25, -0.2) is 4.79 Å². The third-order valence-electron chi connectivity index (χ3n) is 6.72. The molecule has 1 aromatic rings. The van der Waals surface area contributed by atoms with Crippen LogP contribution in [-0.4, -0.2) is 48.9 Å². The van der Waals surface area contributed by atoms with Crippen molar-refractivity contribution < 1.29 is 9.90 Å². The molecule has 1 aromatic carbocycles. The molecule has 1 saturated carbocycles. The second-order valence-electron chi connectivity index (χ2n) is 8.25. The van der Waals surface area contributed by atoms with Gasteiger partial charge in [0.05, 0.1) is 11.9 Å². The van der Waals surface area contributed by atoms with Crippen LogP contribution in [0.2, 0.25) is 0 Å². The quantitative estimate of drug-likeness (QED) is 0.885. The Balaban J connectivity index is 1.84. The van der Waals surface area contributed by atoms with E-state index in [9.17, 15) is 9.90 Å². The van der Waals surface area contributed by atoms with Gasteiger partial charge in [0.1, 0.15) is 0 Å². The molecule has 4 rings (SSSR count). The molecule has 1 amide bonds. The standard InChI is InChI=1S/C20H29N3O2/c1-20-12-13-21(2)18(20)22(3)15-10-7-11-16(17(15)20)23(19(24)25)14-8-5-4-6-9-14/h7,10-11,14,18H,4-6,8-9,12-13H2,1-3H3,(H,24,25). The summed E-state index contributed by atoms with van der Waals surface area (Å²) in [5.41, 5.74) is 3.33. The van der Waals surface area contributed by atoms with Gasteiger partial charge in [0.25, 0.3) is 0 Å².